The Morgan fingerprint density at radius 1 is 0.968 bits per heavy atom. The van der Waals surface area contributed by atoms with E-state index in [0.717, 1.165) is 23.1 Å². The zero-order chi connectivity index (χ0) is 22.3. The molecule has 3 aromatic carbocycles. The van der Waals surface area contributed by atoms with E-state index in [1.165, 1.54) is 11.8 Å². The van der Waals surface area contributed by atoms with Gasteiger partial charge in [0, 0.05) is 23.1 Å². The highest BCUT2D eigenvalue weighted by atomic mass is 32.2. The number of hydrogen-bond acceptors (Lipinski definition) is 4. The van der Waals surface area contributed by atoms with Crippen LogP contribution in [0.5, 0.6) is 17.2 Å². The predicted molar refractivity (Wildman–Crippen MR) is 115 cm³/mol. The summed E-state index contributed by atoms with van der Waals surface area (Å²) in [6, 6.07) is 18.9. The molecule has 162 valence electrons. The van der Waals surface area contributed by atoms with E-state index in [0.29, 0.717) is 17.9 Å². The van der Waals surface area contributed by atoms with Gasteiger partial charge in [0.1, 0.15) is 40.4 Å². The van der Waals surface area contributed by atoms with Gasteiger partial charge in [-0.05, 0) is 42.8 Å². The summed E-state index contributed by atoms with van der Waals surface area (Å²) in [5.74, 6) is -0.542. The van der Waals surface area contributed by atoms with Crippen LogP contribution < -0.4 is 14.8 Å². The Labute approximate surface area is 183 Å². The SMILES string of the molecule is CCC(COc1ccc(Oc2cc(F)cc(F)c2)cc1)(NC(=O)O)Sc1ccccc1. The average Bonchev–Trinajstić information content (AvgIpc) is 2.73. The van der Waals surface area contributed by atoms with Crippen molar-refractivity contribution in [2.75, 3.05) is 6.61 Å². The van der Waals surface area contributed by atoms with Gasteiger partial charge in [-0.25, -0.2) is 13.6 Å². The zero-order valence-corrected chi connectivity index (χ0v) is 17.5. The highest BCUT2D eigenvalue weighted by molar-refractivity contribution is 8.00. The summed E-state index contributed by atoms with van der Waals surface area (Å²) < 4.78 is 37.9. The van der Waals surface area contributed by atoms with Crippen molar-refractivity contribution in [3.63, 3.8) is 0 Å². The van der Waals surface area contributed by atoms with Gasteiger partial charge in [-0.3, -0.25) is 0 Å². The van der Waals surface area contributed by atoms with Crippen LogP contribution in [0.15, 0.2) is 77.7 Å². The quantitative estimate of drug-likeness (QED) is 0.299. The number of carboxylic acid groups (broad SMARTS) is 1. The third-order valence-electron chi connectivity index (χ3n) is 4.33. The molecule has 31 heavy (non-hydrogen) atoms. The van der Waals surface area contributed by atoms with Gasteiger partial charge in [0.25, 0.3) is 0 Å². The number of hydrogen-bond donors (Lipinski definition) is 2. The molecule has 0 bridgehead atoms. The van der Waals surface area contributed by atoms with E-state index in [1.807, 2.05) is 37.3 Å². The smallest absolute Gasteiger partial charge is 0.405 e. The summed E-state index contributed by atoms with van der Waals surface area (Å²) in [5, 5.41) is 11.9. The highest BCUT2D eigenvalue weighted by Crippen LogP contribution is 2.34. The third-order valence-corrected chi connectivity index (χ3v) is 5.74. The minimum absolute atomic E-state index is 0.0427. The van der Waals surface area contributed by atoms with Crippen LogP contribution in [0.25, 0.3) is 0 Å². The Morgan fingerprint density at radius 3 is 2.16 bits per heavy atom. The Balaban J connectivity index is 1.68. The van der Waals surface area contributed by atoms with Crippen molar-refractivity contribution in [3.8, 4) is 17.2 Å². The van der Waals surface area contributed by atoms with Crippen LogP contribution in [0, 0.1) is 11.6 Å². The molecule has 3 rings (SSSR count). The Morgan fingerprint density at radius 2 is 1.58 bits per heavy atom. The number of benzene rings is 3. The number of amides is 1. The molecule has 3 aromatic rings. The molecule has 0 spiro atoms. The molecule has 8 heteroatoms. The fraction of sp³-hybridized carbons (Fsp3) is 0.174. The lowest BCUT2D eigenvalue weighted by Gasteiger charge is -2.31. The van der Waals surface area contributed by atoms with Crippen LogP contribution in [-0.4, -0.2) is 22.7 Å². The Bertz CT molecular complexity index is 998. The number of halogens is 2. The molecule has 0 fully saturated rings. The van der Waals surface area contributed by atoms with Crippen molar-refractivity contribution in [2.24, 2.45) is 0 Å². The lowest BCUT2D eigenvalue weighted by atomic mass is 10.2. The molecule has 0 aromatic heterocycles. The van der Waals surface area contributed by atoms with E-state index in [1.54, 1.807) is 24.3 Å². The summed E-state index contributed by atoms with van der Waals surface area (Å²) >= 11 is 1.38. The fourth-order valence-corrected chi connectivity index (χ4v) is 3.93. The second-order valence-corrected chi connectivity index (χ2v) is 8.12. The first-order chi connectivity index (χ1) is 14.9. The van der Waals surface area contributed by atoms with Crippen molar-refractivity contribution >= 4 is 17.9 Å². The van der Waals surface area contributed by atoms with E-state index in [4.69, 9.17) is 9.47 Å². The van der Waals surface area contributed by atoms with Crippen LogP contribution in [0.1, 0.15) is 13.3 Å². The minimum Gasteiger partial charge on any atom is -0.490 e. The Hall–Kier alpha value is -3.26. The summed E-state index contributed by atoms with van der Waals surface area (Å²) in [4.78, 5) is 11.4. The van der Waals surface area contributed by atoms with E-state index in [9.17, 15) is 18.7 Å². The normalized spacial score (nSPS) is 12.6. The van der Waals surface area contributed by atoms with Crippen molar-refractivity contribution < 1.29 is 28.2 Å². The van der Waals surface area contributed by atoms with E-state index < -0.39 is 22.6 Å². The van der Waals surface area contributed by atoms with Gasteiger partial charge in [0.2, 0.25) is 0 Å². The molecule has 0 radical (unpaired) electrons. The summed E-state index contributed by atoms with van der Waals surface area (Å²) in [6.45, 7) is 1.97. The standard InChI is InChI=1S/C23H21F2NO4S/c1-2-23(26-22(27)28,31-21-6-4-3-5-7-21)15-29-18-8-10-19(11-9-18)30-20-13-16(24)12-17(25)14-20/h3-14,26H,2,15H2,1H3,(H,27,28). The van der Waals surface area contributed by atoms with E-state index >= 15 is 0 Å². The molecule has 2 N–H and O–H groups in total. The second kappa shape index (κ2) is 10.2. The molecule has 0 saturated heterocycles. The molecule has 0 aliphatic carbocycles. The maximum atomic E-state index is 13.3. The minimum atomic E-state index is -1.14. The van der Waals surface area contributed by atoms with Gasteiger partial charge in [0.15, 0.2) is 0 Å². The lowest BCUT2D eigenvalue weighted by Crippen LogP contribution is -2.49. The van der Waals surface area contributed by atoms with Crippen LogP contribution in [0.2, 0.25) is 0 Å². The Kier molecular flexibility index (Phi) is 7.36. The first-order valence-electron chi connectivity index (χ1n) is 9.49. The predicted octanol–water partition coefficient (Wildman–Crippen LogP) is 6.30. The summed E-state index contributed by atoms with van der Waals surface area (Å²) in [6.07, 6.45) is -0.648. The third kappa shape index (κ3) is 6.62. The van der Waals surface area contributed by atoms with Gasteiger partial charge < -0.3 is 19.9 Å². The van der Waals surface area contributed by atoms with Crippen molar-refractivity contribution in [2.45, 2.75) is 23.1 Å². The monoisotopic (exact) mass is 445 g/mol. The average molecular weight is 445 g/mol. The van der Waals surface area contributed by atoms with Gasteiger partial charge in [-0.1, -0.05) is 36.9 Å². The summed E-state index contributed by atoms with van der Waals surface area (Å²) in [5.41, 5.74) is 0. The first-order valence-corrected chi connectivity index (χ1v) is 10.3. The molecule has 1 unspecified atom stereocenters. The molecule has 1 amide bonds. The molecular weight excluding hydrogens is 424 g/mol. The second-order valence-electron chi connectivity index (χ2n) is 6.66. The largest absolute Gasteiger partial charge is 0.490 e. The molecule has 0 saturated carbocycles. The van der Waals surface area contributed by atoms with Crippen molar-refractivity contribution in [1.82, 2.24) is 5.32 Å². The van der Waals surface area contributed by atoms with E-state index in [-0.39, 0.29) is 12.4 Å². The maximum Gasteiger partial charge on any atom is 0.405 e. The highest BCUT2D eigenvalue weighted by Gasteiger charge is 2.32. The molecule has 0 heterocycles. The first kappa shape index (κ1) is 22.4. The van der Waals surface area contributed by atoms with Gasteiger partial charge in [-0.15, -0.1) is 0 Å². The van der Waals surface area contributed by atoms with Gasteiger partial charge in [0.05, 0.1) is 0 Å². The number of thioether (sulfide) groups is 1. The zero-order valence-electron chi connectivity index (χ0n) is 16.7. The molecule has 1 atom stereocenters. The van der Waals surface area contributed by atoms with Crippen molar-refractivity contribution in [1.29, 1.82) is 0 Å². The number of ether oxygens (including phenoxy) is 2. The number of carbonyl (C=O) groups is 1. The summed E-state index contributed by atoms with van der Waals surface area (Å²) in [7, 11) is 0. The molecule has 0 aliphatic rings. The molecule has 5 nitrogen and oxygen atoms in total. The van der Waals surface area contributed by atoms with Gasteiger partial charge in [-0.2, -0.15) is 0 Å². The number of nitrogens with one attached hydrogen (secondary N) is 1. The topological polar surface area (TPSA) is 67.8 Å². The van der Waals surface area contributed by atoms with E-state index in [2.05, 4.69) is 5.32 Å². The molecule has 0 aliphatic heterocycles. The van der Waals surface area contributed by atoms with Crippen LogP contribution in [0.4, 0.5) is 13.6 Å². The lowest BCUT2D eigenvalue weighted by molar-refractivity contribution is 0.174. The van der Waals surface area contributed by atoms with Crippen LogP contribution >= 0.6 is 11.8 Å². The molecular formula is C23H21F2NO4S. The number of rotatable bonds is 9. The fourth-order valence-electron chi connectivity index (χ4n) is 2.79. The van der Waals surface area contributed by atoms with Crippen LogP contribution in [-0.2, 0) is 0 Å². The van der Waals surface area contributed by atoms with Gasteiger partial charge >= 0.3 is 6.09 Å². The van der Waals surface area contributed by atoms with Crippen molar-refractivity contribution in [3.05, 3.63) is 84.4 Å². The van der Waals surface area contributed by atoms with Crippen LogP contribution in [0.3, 0.4) is 0 Å². The maximum absolute atomic E-state index is 13.3.